The van der Waals surface area contributed by atoms with E-state index in [0.29, 0.717) is 6.42 Å². The second-order valence-electron chi connectivity index (χ2n) is 6.64. The van der Waals surface area contributed by atoms with E-state index in [1.807, 2.05) is 20.8 Å². The Bertz CT molecular complexity index is 571. The van der Waals surface area contributed by atoms with E-state index in [0.717, 1.165) is 6.42 Å². The van der Waals surface area contributed by atoms with E-state index in [2.05, 4.69) is 19.2 Å². The lowest BCUT2D eigenvalue weighted by atomic mass is 9.70. The zero-order chi connectivity index (χ0) is 19.0. The summed E-state index contributed by atoms with van der Waals surface area (Å²) in [5.41, 5.74) is 0.427. The minimum absolute atomic E-state index is 0.0375. The summed E-state index contributed by atoms with van der Waals surface area (Å²) in [5, 5.41) is 9.73. The van der Waals surface area contributed by atoms with E-state index < -0.39 is 29.7 Å². The first kappa shape index (κ1) is 21.1. The van der Waals surface area contributed by atoms with E-state index in [1.54, 1.807) is 6.08 Å². The summed E-state index contributed by atoms with van der Waals surface area (Å²) in [4.78, 5) is 25.0. The summed E-state index contributed by atoms with van der Waals surface area (Å²) in [7, 11) is 0. The molecule has 0 spiro atoms. The molecule has 4 atom stereocenters. The Labute approximate surface area is 149 Å². The Morgan fingerprint density at radius 1 is 1.48 bits per heavy atom. The van der Waals surface area contributed by atoms with Crippen LogP contribution in [0.1, 0.15) is 33.6 Å². The molecule has 5 nitrogen and oxygen atoms in total. The van der Waals surface area contributed by atoms with E-state index >= 15 is 0 Å². The maximum Gasteiger partial charge on any atom is 0.313 e. The molecule has 0 bridgehead atoms. The molecule has 0 saturated carbocycles. The maximum atomic E-state index is 12.7. The second kappa shape index (κ2) is 9.49. The van der Waals surface area contributed by atoms with E-state index in [9.17, 15) is 14.7 Å². The number of allylic oxidation sites excluding steroid dienone is 3. The van der Waals surface area contributed by atoms with Gasteiger partial charge in [-0.25, -0.2) is 0 Å². The molecule has 25 heavy (non-hydrogen) atoms. The first-order valence-electron chi connectivity index (χ1n) is 8.35. The third-order valence-corrected chi connectivity index (χ3v) is 4.30. The molecule has 0 amide bonds. The van der Waals surface area contributed by atoms with E-state index in [-0.39, 0.29) is 12.4 Å². The number of hydrogen-bond acceptors (Lipinski definition) is 5. The van der Waals surface area contributed by atoms with Crippen LogP contribution in [0.25, 0.3) is 0 Å². The molecule has 1 aliphatic heterocycles. The van der Waals surface area contributed by atoms with Crippen molar-refractivity contribution in [3.05, 3.63) is 49.1 Å². The van der Waals surface area contributed by atoms with Gasteiger partial charge < -0.3 is 14.6 Å². The number of hydrogen-bond donors (Lipinski definition) is 1. The molecule has 0 radical (unpaired) electrons. The number of aliphatic hydroxyl groups is 1. The van der Waals surface area contributed by atoms with Gasteiger partial charge in [0, 0.05) is 5.41 Å². The topological polar surface area (TPSA) is 72.8 Å². The van der Waals surface area contributed by atoms with Crippen LogP contribution >= 0.6 is 0 Å². The summed E-state index contributed by atoms with van der Waals surface area (Å²) in [5.74, 6) is -1.86. The quantitative estimate of drug-likeness (QED) is 0.512. The minimum atomic E-state index is -1.23. The summed E-state index contributed by atoms with van der Waals surface area (Å²) >= 11 is 0. The largest absolute Gasteiger partial charge is 0.461 e. The predicted molar refractivity (Wildman–Crippen MR) is 96.6 cm³/mol. The summed E-state index contributed by atoms with van der Waals surface area (Å²) < 4.78 is 10.6. The Balaban J connectivity index is 3.18. The summed E-state index contributed by atoms with van der Waals surface area (Å²) in [6, 6.07) is 0. The third kappa shape index (κ3) is 5.80. The molecule has 0 aromatic rings. The fourth-order valence-electron chi connectivity index (χ4n) is 2.80. The number of aliphatic hydroxyl groups excluding tert-OH is 1. The van der Waals surface area contributed by atoms with Crippen LogP contribution in [0.4, 0.5) is 0 Å². The Morgan fingerprint density at radius 3 is 2.72 bits per heavy atom. The van der Waals surface area contributed by atoms with Crippen LogP contribution in [0, 0.1) is 11.3 Å². The molecule has 0 saturated heterocycles. The highest BCUT2D eigenvalue weighted by atomic mass is 16.6. The Hall–Kier alpha value is -1.98. The van der Waals surface area contributed by atoms with E-state index in [4.69, 9.17) is 9.47 Å². The van der Waals surface area contributed by atoms with Crippen LogP contribution in [-0.2, 0) is 19.1 Å². The van der Waals surface area contributed by atoms with Crippen molar-refractivity contribution in [3.8, 4) is 0 Å². The zero-order valence-electron chi connectivity index (χ0n) is 15.2. The van der Waals surface area contributed by atoms with Crippen molar-refractivity contribution < 1.29 is 24.2 Å². The molecule has 5 heteroatoms. The SMILES string of the molecule is C=CCOC(=O)[C@H]([C@@H]1OC(O)C=CC1=O)[C@](C)(C=C)CCC=C(C)C. The molecule has 1 aliphatic rings. The highest BCUT2D eigenvalue weighted by molar-refractivity contribution is 5.97. The monoisotopic (exact) mass is 348 g/mol. The van der Waals surface area contributed by atoms with Crippen LogP contribution < -0.4 is 0 Å². The maximum absolute atomic E-state index is 12.7. The fraction of sp³-hybridized carbons (Fsp3) is 0.500. The fourth-order valence-corrected chi connectivity index (χ4v) is 2.80. The molecule has 0 aliphatic carbocycles. The first-order valence-corrected chi connectivity index (χ1v) is 8.35. The number of ketones is 1. The normalized spacial score (nSPS) is 23.3. The molecular weight excluding hydrogens is 320 g/mol. The van der Waals surface area contributed by atoms with Crippen LogP contribution in [0.15, 0.2) is 49.1 Å². The lowest BCUT2D eigenvalue weighted by Gasteiger charge is -2.38. The summed E-state index contributed by atoms with van der Waals surface area (Å²) in [6.45, 7) is 13.3. The smallest absolute Gasteiger partial charge is 0.313 e. The van der Waals surface area contributed by atoms with Crippen LogP contribution in [0.5, 0.6) is 0 Å². The third-order valence-electron chi connectivity index (χ3n) is 4.30. The van der Waals surface area contributed by atoms with Crippen LogP contribution in [-0.4, -0.2) is 35.9 Å². The van der Waals surface area contributed by atoms with Gasteiger partial charge in [-0.05, 0) is 38.8 Å². The van der Waals surface area contributed by atoms with Gasteiger partial charge in [0.05, 0.1) is 5.92 Å². The predicted octanol–water partition coefficient (Wildman–Crippen LogP) is 3.11. The van der Waals surface area contributed by atoms with Crippen molar-refractivity contribution in [1.29, 1.82) is 0 Å². The molecule has 1 heterocycles. The van der Waals surface area contributed by atoms with Crippen molar-refractivity contribution in [2.45, 2.75) is 46.0 Å². The molecule has 1 unspecified atom stereocenters. The Morgan fingerprint density at radius 2 is 2.16 bits per heavy atom. The van der Waals surface area contributed by atoms with E-state index in [1.165, 1.54) is 23.8 Å². The number of carbonyl (C=O) groups is 2. The van der Waals surface area contributed by atoms with Crippen LogP contribution in [0.2, 0.25) is 0 Å². The number of carbonyl (C=O) groups excluding carboxylic acids is 2. The van der Waals surface area contributed by atoms with Crippen molar-refractivity contribution in [1.82, 2.24) is 0 Å². The minimum Gasteiger partial charge on any atom is -0.461 e. The van der Waals surface area contributed by atoms with Crippen molar-refractivity contribution in [2.75, 3.05) is 6.61 Å². The van der Waals surface area contributed by atoms with Gasteiger partial charge >= 0.3 is 5.97 Å². The molecule has 0 aromatic carbocycles. The van der Waals surface area contributed by atoms with Gasteiger partial charge in [0.1, 0.15) is 12.7 Å². The van der Waals surface area contributed by atoms with Gasteiger partial charge in [0.15, 0.2) is 12.1 Å². The van der Waals surface area contributed by atoms with Crippen LogP contribution in [0.3, 0.4) is 0 Å². The Kier molecular flexibility index (Phi) is 8.00. The van der Waals surface area contributed by atoms with Gasteiger partial charge in [-0.1, -0.05) is 37.3 Å². The lowest BCUT2D eigenvalue weighted by molar-refractivity contribution is -0.179. The number of ether oxygens (including phenoxy) is 2. The molecule has 138 valence electrons. The molecule has 0 aromatic heterocycles. The molecule has 1 rings (SSSR count). The van der Waals surface area contributed by atoms with Gasteiger partial charge in [-0.3, -0.25) is 9.59 Å². The average Bonchev–Trinajstić information content (AvgIpc) is 2.56. The highest BCUT2D eigenvalue weighted by Gasteiger charge is 2.47. The standard InChI is InChI=1S/C20H28O5/c1-6-13-24-19(23)17(18-15(21)10-11-16(22)25-18)20(5,7-2)12-8-9-14(3)4/h6-7,9-11,16-18,22H,1-2,8,12-13H2,3-5H3/t16?,17-,18+,20+/m0/s1. The molecule has 1 N–H and O–H groups in total. The first-order chi connectivity index (χ1) is 11.7. The zero-order valence-corrected chi connectivity index (χ0v) is 15.2. The second-order valence-corrected chi connectivity index (χ2v) is 6.64. The van der Waals surface area contributed by atoms with Gasteiger partial charge in [0.2, 0.25) is 0 Å². The average molecular weight is 348 g/mol. The van der Waals surface area contributed by atoms with Gasteiger partial charge in [-0.2, -0.15) is 0 Å². The van der Waals surface area contributed by atoms with Crippen molar-refractivity contribution in [3.63, 3.8) is 0 Å². The number of esters is 1. The van der Waals surface area contributed by atoms with Crippen molar-refractivity contribution in [2.24, 2.45) is 11.3 Å². The summed E-state index contributed by atoms with van der Waals surface area (Å²) in [6.07, 6.45) is 6.63. The molecular formula is C20H28O5. The number of rotatable bonds is 9. The lowest BCUT2D eigenvalue weighted by Crippen LogP contribution is -2.48. The van der Waals surface area contributed by atoms with Gasteiger partial charge in [-0.15, -0.1) is 6.58 Å². The highest BCUT2D eigenvalue weighted by Crippen LogP contribution is 2.39. The van der Waals surface area contributed by atoms with Crippen molar-refractivity contribution >= 4 is 11.8 Å². The molecule has 0 fully saturated rings. The van der Waals surface area contributed by atoms with Gasteiger partial charge in [0.25, 0.3) is 0 Å².